The van der Waals surface area contributed by atoms with Crippen LogP contribution in [0.25, 0.3) is 0 Å². The second-order valence-electron chi connectivity index (χ2n) is 5.20. The minimum atomic E-state index is -0.550. The molecule has 6 nitrogen and oxygen atoms in total. The summed E-state index contributed by atoms with van der Waals surface area (Å²) in [6.45, 7) is 1.93. The number of benzene rings is 1. The highest BCUT2D eigenvalue weighted by Crippen LogP contribution is 2.39. The van der Waals surface area contributed by atoms with E-state index < -0.39 is 6.10 Å². The van der Waals surface area contributed by atoms with Crippen molar-refractivity contribution >= 4 is 0 Å². The molecular weight excluding hydrogens is 272 g/mol. The Bertz CT molecular complexity index is 620. The van der Waals surface area contributed by atoms with Gasteiger partial charge in [0, 0.05) is 5.92 Å². The van der Waals surface area contributed by atoms with Gasteiger partial charge in [-0.25, -0.2) is 0 Å². The van der Waals surface area contributed by atoms with Crippen LogP contribution < -0.4 is 9.47 Å². The smallest absolute Gasteiger partial charge is 0.229 e. The molecular formula is C15H18N2O4. The first-order chi connectivity index (χ1) is 10.2. The quantitative estimate of drug-likeness (QED) is 0.881. The molecule has 0 amide bonds. The number of aromatic nitrogens is 2. The van der Waals surface area contributed by atoms with Gasteiger partial charge in [-0.3, -0.25) is 0 Å². The fraction of sp³-hybridized carbons (Fsp3) is 0.467. The fourth-order valence-electron chi connectivity index (χ4n) is 2.03. The molecule has 1 atom stereocenters. The van der Waals surface area contributed by atoms with Crippen LogP contribution in [0, 0.1) is 0 Å². The van der Waals surface area contributed by atoms with E-state index in [-0.39, 0.29) is 6.61 Å². The van der Waals surface area contributed by atoms with Gasteiger partial charge >= 0.3 is 0 Å². The van der Waals surface area contributed by atoms with Crippen LogP contribution in [0.4, 0.5) is 0 Å². The molecule has 1 heterocycles. The summed E-state index contributed by atoms with van der Waals surface area (Å²) in [4.78, 5) is 4.31. The first-order valence-corrected chi connectivity index (χ1v) is 6.98. The van der Waals surface area contributed by atoms with Gasteiger partial charge in [-0.15, -0.1) is 0 Å². The van der Waals surface area contributed by atoms with E-state index in [4.69, 9.17) is 14.0 Å². The number of aliphatic hydroxyl groups excluding tert-OH is 1. The number of methoxy groups -OCH3 is 1. The van der Waals surface area contributed by atoms with Gasteiger partial charge in [-0.2, -0.15) is 4.98 Å². The minimum Gasteiger partial charge on any atom is -0.493 e. The molecule has 3 rings (SSSR count). The average molecular weight is 290 g/mol. The molecule has 0 saturated heterocycles. The van der Waals surface area contributed by atoms with Crippen LogP contribution in [0.15, 0.2) is 22.7 Å². The van der Waals surface area contributed by atoms with Crippen molar-refractivity contribution in [3.8, 4) is 11.5 Å². The highest BCUT2D eigenvalue weighted by atomic mass is 16.5. The first-order valence-electron chi connectivity index (χ1n) is 6.98. The van der Waals surface area contributed by atoms with Crippen molar-refractivity contribution in [3.63, 3.8) is 0 Å². The summed E-state index contributed by atoms with van der Waals surface area (Å²) in [6, 6.07) is 5.32. The Morgan fingerprint density at radius 2 is 2.19 bits per heavy atom. The molecule has 1 aliphatic rings. The molecule has 0 aliphatic heterocycles. The van der Waals surface area contributed by atoms with Crippen LogP contribution in [-0.4, -0.2) is 22.4 Å². The molecule has 0 radical (unpaired) electrons. The predicted molar refractivity (Wildman–Crippen MR) is 74.2 cm³/mol. The molecule has 21 heavy (non-hydrogen) atoms. The Hall–Kier alpha value is -2.08. The molecule has 6 heteroatoms. The van der Waals surface area contributed by atoms with Crippen molar-refractivity contribution in [1.82, 2.24) is 10.1 Å². The zero-order valence-electron chi connectivity index (χ0n) is 12.1. The number of nitrogens with zero attached hydrogens (tertiary/aromatic N) is 2. The maximum absolute atomic E-state index is 9.57. The first kappa shape index (κ1) is 13.9. The largest absolute Gasteiger partial charge is 0.493 e. The second kappa shape index (κ2) is 5.73. The van der Waals surface area contributed by atoms with Crippen LogP contribution in [0.1, 0.15) is 49.1 Å². The average Bonchev–Trinajstić information content (AvgIpc) is 3.24. The normalized spacial score (nSPS) is 15.8. The van der Waals surface area contributed by atoms with Crippen LogP contribution in [0.2, 0.25) is 0 Å². The Balaban J connectivity index is 1.68. The lowest BCUT2D eigenvalue weighted by molar-refractivity contribution is 0.198. The fourth-order valence-corrected chi connectivity index (χ4v) is 2.03. The molecule has 1 aromatic heterocycles. The Labute approximate surface area is 122 Å². The van der Waals surface area contributed by atoms with E-state index in [1.807, 2.05) is 0 Å². The van der Waals surface area contributed by atoms with Crippen molar-refractivity contribution < 1.29 is 19.1 Å². The van der Waals surface area contributed by atoms with E-state index in [1.54, 1.807) is 32.2 Å². The molecule has 1 fully saturated rings. The molecule has 1 aromatic carbocycles. The van der Waals surface area contributed by atoms with E-state index in [0.29, 0.717) is 29.1 Å². The van der Waals surface area contributed by atoms with E-state index in [1.165, 1.54) is 0 Å². The molecule has 112 valence electrons. The highest BCUT2D eigenvalue weighted by Gasteiger charge is 2.29. The number of ether oxygens (including phenoxy) is 2. The molecule has 1 N–H and O–H groups in total. The van der Waals surface area contributed by atoms with Gasteiger partial charge in [0.1, 0.15) is 0 Å². The highest BCUT2D eigenvalue weighted by molar-refractivity contribution is 5.43. The van der Waals surface area contributed by atoms with Crippen molar-refractivity contribution in [1.29, 1.82) is 0 Å². The van der Waals surface area contributed by atoms with E-state index >= 15 is 0 Å². The standard InChI is InChI=1S/C15H18N2O4/c1-9(18)11-5-6-12(13(7-11)19-2)20-8-14-16-15(21-17-14)10-3-4-10/h5-7,9-10,18H,3-4,8H2,1-2H3/t9-/m0/s1. The number of hydrogen-bond acceptors (Lipinski definition) is 6. The summed E-state index contributed by atoms with van der Waals surface area (Å²) in [7, 11) is 1.56. The van der Waals surface area contributed by atoms with Gasteiger partial charge in [-0.1, -0.05) is 11.2 Å². The molecule has 2 aromatic rings. The van der Waals surface area contributed by atoms with Gasteiger partial charge in [0.25, 0.3) is 0 Å². The maximum atomic E-state index is 9.57. The third kappa shape index (κ3) is 3.16. The van der Waals surface area contributed by atoms with E-state index in [9.17, 15) is 5.11 Å². The van der Waals surface area contributed by atoms with Crippen molar-refractivity contribution in [2.75, 3.05) is 7.11 Å². The van der Waals surface area contributed by atoms with Crippen LogP contribution >= 0.6 is 0 Å². The summed E-state index contributed by atoms with van der Waals surface area (Å²) >= 11 is 0. The zero-order chi connectivity index (χ0) is 14.8. The third-order valence-corrected chi connectivity index (χ3v) is 3.44. The lowest BCUT2D eigenvalue weighted by Crippen LogP contribution is -2.01. The minimum absolute atomic E-state index is 0.223. The summed E-state index contributed by atoms with van der Waals surface area (Å²) in [5, 5.41) is 13.5. The van der Waals surface area contributed by atoms with Gasteiger partial charge < -0.3 is 19.1 Å². The van der Waals surface area contributed by atoms with Crippen molar-refractivity contribution in [2.45, 2.75) is 38.4 Å². The second-order valence-corrected chi connectivity index (χ2v) is 5.20. The van der Waals surface area contributed by atoms with Crippen LogP contribution in [-0.2, 0) is 6.61 Å². The monoisotopic (exact) mass is 290 g/mol. The number of rotatable bonds is 6. The van der Waals surface area contributed by atoms with E-state index in [2.05, 4.69) is 10.1 Å². The molecule has 0 spiro atoms. The van der Waals surface area contributed by atoms with Gasteiger partial charge in [0.05, 0.1) is 13.2 Å². The number of hydrogen-bond donors (Lipinski definition) is 1. The Morgan fingerprint density at radius 3 is 2.86 bits per heavy atom. The van der Waals surface area contributed by atoms with Crippen molar-refractivity contribution in [2.24, 2.45) is 0 Å². The molecule has 0 unspecified atom stereocenters. The summed E-state index contributed by atoms with van der Waals surface area (Å²) in [6.07, 6.45) is 1.69. The lowest BCUT2D eigenvalue weighted by Gasteiger charge is -2.12. The Kier molecular flexibility index (Phi) is 3.79. The lowest BCUT2D eigenvalue weighted by atomic mass is 10.1. The predicted octanol–water partition coefficient (Wildman–Crippen LogP) is 2.59. The van der Waals surface area contributed by atoms with Gasteiger partial charge in [0.15, 0.2) is 18.1 Å². The maximum Gasteiger partial charge on any atom is 0.229 e. The summed E-state index contributed by atoms with van der Waals surface area (Å²) in [5.74, 6) is 2.81. The Morgan fingerprint density at radius 1 is 1.38 bits per heavy atom. The van der Waals surface area contributed by atoms with Gasteiger partial charge in [-0.05, 0) is 37.5 Å². The molecule has 0 bridgehead atoms. The van der Waals surface area contributed by atoms with Crippen LogP contribution in [0.3, 0.4) is 0 Å². The van der Waals surface area contributed by atoms with Crippen molar-refractivity contribution in [3.05, 3.63) is 35.5 Å². The van der Waals surface area contributed by atoms with Gasteiger partial charge in [0.2, 0.25) is 11.7 Å². The molecule has 1 saturated carbocycles. The summed E-state index contributed by atoms with van der Waals surface area (Å²) in [5.41, 5.74) is 0.773. The van der Waals surface area contributed by atoms with E-state index in [0.717, 1.165) is 18.4 Å². The third-order valence-electron chi connectivity index (χ3n) is 3.44. The van der Waals surface area contributed by atoms with Crippen LogP contribution in [0.5, 0.6) is 11.5 Å². The molecule has 1 aliphatic carbocycles. The number of aliphatic hydroxyl groups is 1. The topological polar surface area (TPSA) is 77.6 Å². The zero-order valence-corrected chi connectivity index (χ0v) is 12.1. The summed E-state index contributed by atoms with van der Waals surface area (Å²) < 4.78 is 16.1. The SMILES string of the molecule is COc1cc([C@H](C)O)ccc1OCc1noc(C2CC2)n1.